The predicted octanol–water partition coefficient (Wildman–Crippen LogP) is 1.77. The van der Waals surface area contributed by atoms with Crippen molar-refractivity contribution in [1.82, 2.24) is 4.98 Å². The van der Waals surface area contributed by atoms with E-state index >= 15 is 0 Å². The van der Waals surface area contributed by atoms with Crippen LogP contribution in [0.5, 0.6) is 0 Å². The van der Waals surface area contributed by atoms with Gasteiger partial charge in [-0.3, -0.25) is 4.79 Å². The van der Waals surface area contributed by atoms with Gasteiger partial charge in [-0.2, -0.15) is 4.98 Å². The molecule has 0 N–H and O–H groups in total. The van der Waals surface area contributed by atoms with Gasteiger partial charge in [0.15, 0.2) is 0 Å². The van der Waals surface area contributed by atoms with E-state index in [4.69, 9.17) is 4.42 Å². The highest BCUT2D eigenvalue weighted by molar-refractivity contribution is 5.60. The summed E-state index contributed by atoms with van der Waals surface area (Å²) in [5, 5.41) is 0. The lowest BCUT2D eigenvalue weighted by Crippen LogP contribution is -2.17. The number of hydrogen-bond acceptors (Lipinski definition) is 4. The van der Waals surface area contributed by atoms with Crippen LogP contribution in [0.25, 0.3) is 11.1 Å². The second-order valence-corrected chi connectivity index (χ2v) is 3.61. The molecule has 1 aromatic carbocycles. The average molecular weight is 216 g/mol. The minimum Gasteiger partial charge on any atom is -0.433 e. The zero-order valence-corrected chi connectivity index (χ0v) is 9.18. The highest BCUT2D eigenvalue weighted by Gasteiger charge is 2.07. The molecule has 2 rings (SSSR count). The van der Waals surface area contributed by atoms with Crippen LogP contribution in [0.4, 0.5) is 6.01 Å². The van der Waals surface area contributed by atoms with Gasteiger partial charge in [-0.25, -0.2) is 0 Å². The Bertz CT molecular complexity index is 532. The fourth-order valence-electron chi connectivity index (χ4n) is 1.35. The average Bonchev–Trinajstić information content (AvgIpc) is 2.30. The third-order valence-corrected chi connectivity index (χ3v) is 2.18. The minimum atomic E-state index is -0.277. The lowest BCUT2D eigenvalue weighted by molar-refractivity contribution is 0.526. The number of hydrogen-bond donors (Lipinski definition) is 0. The quantitative estimate of drug-likeness (QED) is 0.767. The van der Waals surface area contributed by atoms with Crippen LogP contribution in [-0.4, -0.2) is 19.1 Å². The molecule has 0 spiro atoms. The smallest absolute Gasteiger partial charge is 0.300 e. The number of anilines is 1. The molecule has 0 radical (unpaired) electrons. The van der Waals surface area contributed by atoms with Crippen LogP contribution in [0.2, 0.25) is 0 Å². The lowest BCUT2D eigenvalue weighted by atomic mass is 10.1. The molecule has 0 aliphatic rings. The first kappa shape index (κ1) is 10.4. The molecule has 16 heavy (non-hydrogen) atoms. The van der Waals surface area contributed by atoms with E-state index in [1.165, 1.54) is 6.26 Å². The van der Waals surface area contributed by atoms with Gasteiger partial charge in [0.1, 0.15) is 6.26 Å². The van der Waals surface area contributed by atoms with Crippen molar-refractivity contribution in [2.45, 2.75) is 0 Å². The Labute approximate surface area is 93.2 Å². The highest BCUT2D eigenvalue weighted by atomic mass is 16.4. The molecule has 0 bridgehead atoms. The molecule has 4 heteroatoms. The van der Waals surface area contributed by atoms with Crippen molar-refractivity contribution in [1.29, 1.82) is 0 Å². The van der Waals surface area contributed by atoms with Gasteiger partial charge in [0.25, 0.3) is 11.6 Å². The highest BCUT2D eigenvalue weighted by Crippen LogP contribution is 2.15. The monoisotopic (exact) mass is 216 g/mol. The van der Waals surface area contributed by atoms with Gasteiger partial charge in [0.2, 0.25) is 0 Å². The van der Waals surface area contributed by atoms with Crippen molar-refractivity contribution in [3.8, 4) is 11.1 Å². The van der Waals surface area contributed by atoms with Crippen LogP contribution >= 0.6 is 0 Å². The number of nitrogens with zero attached hydrogens (tertiary/aromatic N) is 2. The third-order valence-electron chi connectivity index (χ3n) is 2.18. The van der Waals surface area contributed by atoms with Crippen LogP contribution < -0.4 is 10.5 Å². The molecular weight excluding hydrogens is 204 g/mol. The Balaban J connectivity index is 2.49. The molecule has 82 valence electrons. The molecule has 0 atom stereocenters. The normalized spacial score (nSPS) is 10.1. The Morgan fingerprint density at radius 3 is 2.44 bits per heavy atom. The molecule has 0 aliphatic heterocycles. The summed E-state index contributed by atoms with van der Waals surface area (Å²) in [6.07, 6.45) is 1.44. The Morgan fingerprint density at radius 1 is 1.19 bits per heavy atom. The summed E-state index contributed by atoms with van der Waals surface area (Å²) < 4.78 is 5.27. The molecule has 0 fully saturated rings. The van der Waals surface area contributed by atoms with E-state index in [0.29, 0.717) is 11.6 Å². The van der Waals surface area contributed by atoms with Crippen molar-refractivity contribution < 1.29 is 4.42 Å². The summed E-state index contributed by atoms with van der Waals surface area (Å²) in [7, 11) is 3.54. The summed E-state index contributed by atoms with van der Waals surface area (Å²) in [5.74, 6) is 0. The second-order valence-electron chi connectivity index (χ2n) is 3.61. The van der Waals surface area contributed by atoms with E-state index in [9.17, 15) is 4.79 Å². The van der Waals surface area contributed by atoms with Gasteiger partial charge in [0.05, 0.1) is 5.56 Å². The molecule has 0 aliphatic carbocycles. The first-order chi connectivity index (χ1) is 7.68. The van der Waals surface area contributed by atoms with E-state index in [1.807, 2.05) is 30.3 Å². The second kappa shape index (κ2) is 4.18. The van der Waals surface area contributed by atoms with Crippen LogP contribution in [-0.2, 0) is 0 Å². The molecular formula is C12H12N2O2. The number of benzene rings is 1. The van der Waals surface area contributed by atoms with Crippen molar-refractivity contribution in [2.24, 2.45) is 0 Å². The predicted molar refractivity (Wildman–Crippen MR) is 62.5 cm³/mol. The summed E-state index contributed by atoms with van der Waals surface area (Å²) in [4.78, 5) is 17.2. The first-order valence-electron chi connectivity index (χ1n) is 4.91. The van der Waals surface area contributed by atoms with E-state index in [-0.39, 0.29) is 5.56 Å². The summed E-state index contributed by atoms with van der Waals surface area (Å²) in [6.45, 7) is 0. The van der Waals surface area contributed by atoms with Gasteiger partial charge in [-0.1, -0.05) is 30.3 Å². The molecule has 0 amide bonds. The lowest BCUT2D eigenvalue weighted by Gasteiger charge is -2.08. The van der Waals surface area contributed by atoms with E-state index in [0.717, 1.165) is 5.56 Å². The van der Waals surface area contributed by atoms with Crippen molar-refractivity contribution in [3.05, 3.63) is 46.9 Å². The van der Waals surface area contributed by atoms with E-state index in [1.54, 1.807) is 19.0 Å². The van der Waals surface area contributed by atoms with Crippen LogP contribution in [0.15, 0.2) is 45.8 Å². The zero-order valence-electron chi connectivity index (χ0n) is 9.18. The topological polar surface area (TPSA) is 46.3 Å². The van der Waals surface area contributed by atoms with Crippen molar-refractivity contribution in [2.75, 3.05) is 19.0 Å². The zero-order chi connectivity index (χ0) is 11.5. The maximum absolute atomic E-state index is 11.7. The van der Waals surface area contributed by atoms with Crippen LogP contribution in [0.1, 0.15) is 0 Å². The molecule has 1 heterocycles. The van der Waals surface area contributed by atoms with Crippen molar-refractivity contribution in [3.63, 3.8) is 0 Å². The molecule has 0 unspecified atom stereocenters. The van der Waals surface area contributed by atoms with Gasteiger partial charge in [0, 0.05) is 14.1 Å². The molecule has 1 aromatic heterocycles. The standard InChI is InChI=1S/C12H12N2O2/c1-14(2)12-13-11(15)10(8-16-12)9-6-4-3-5-7-9/h3-8H,1-2H3. The Hall–Kier alpha value is -2.10. The minimum absolute atomic E-state index is 0.277. The number of aromatic nitrogens is 1. The van der Waals surface area contributed by atoms with Crippen molar-refractivity contribution >= 4 is 6.01 Å². The summed E-state index contributed by atoms with van der Waals surface area (Å²) >= 11 is 0. The molecule has 4 nitrogen and oxygen atoms in total. The van der Waals surface area contributed by atoms with Gasteiger partial charge in [-0.15, -0.1) is 0 Å². The molecule has 2 aromatic rings. The summed E-state index contributed by atoms with van der Waals surface area (Å²) in [5.41, 5.74) is 1.02. The van der Waals surface area contributed by atoms with Crippen LogP contribution in [0.3, 0.4) is 0 Å². The maximum Gasteiger partial charge on any atom is 0.300 e. The fourth-order valence-corrected chi connectivity index (χ4v) is 1.35. The molecule has 0 saturated heterocycles. The Kier molecular flexibility index (Phi) is 2.72. The third kappa shape index (κ3) is 1.95. The van der Waals surface area contributed by atoms with Gasteiger partial charge < -0.3 is 9.32 Å². The number of rotatable bonds is 2. The van der Waals surface area contributed by atoms with E-state index in [2.05, 4.69) is 4.98 Å². The van der Waals surface area contributed by atoms with E-state index < -0.39 is 0 Å². The SMILES string of the molecule is CN(C)c1nc(=O)c(-c2ccccc2)co1. The van der Waals surface area contributed by atoms with Gasteiger partial charge >= 0.3 is 0 Å². The summed E-state index contributed by atoms with van der Waals surface area (Å²) in [6, 6.07) is 9.65. The maximum atomic E-state index is 11.7. The first-order valence-corrected chi connectivity index (χ1v) is 4.91. The van der Waals surface area contributed by atoms with Crippen LogP contribution in [0, 0.1) is 0 Å². The van der Waals surface area contributed by atoms with Gasteiger partial charge in [-0.05, 0) is 5.56 Å². The fraction of sp³-hybridized carbons (Fsp3) is 0.167. The molecule has 0 saturated carbocycles. The largest absolute Gasteiger partial charge is 0.433 e. The Morgan fingerprint density at radius 2 is 1.88 bits per heavy atom.